The summed E-state index contributed by atoms with van der Waals surface area (Å²) in [5.41, 5.74) is -2.84. The van der Waals surface area contributed by atoms with Gasteiger partial charge in [-0.25, -0.2) is 15.1 Å². The first-order valence-electron chi connectivity index (χ1n) is 10.0. The smallest absolute Gasteiger partial charge is 0.425 e. The van der Waals surface area contributed by atoms with Gasteiger partial charge in [0.1, 0.15) is 17.1 Å². The minimum absolute atomic E-state index is 0.0691. The van der Waals surface area contributed by atoms with E-state index in [1.807, 2.05) is 4.90 Å². The van der Waals surface area contributed by atoms with E-state index in [1.54, 1.807) is 16.2 Å². The first kappa shape index (κ1) is 24.7. The Balaban J connectivity index is 1.39. The Morgan fingerprint density at radius 1 is 1.21 bits per heavy atom. The molecular weight excluding hydrogens is 469 g/mol. The molecule has 1 atom stereocenters. The number of H-pyrrole nitrogens is 1. The number of hydrogen-bond acceptors (Lipinski definition) is 8. The van der Waals surface area contributed by atoms with E-state index in [1.165, 1.54) is 13.1 Å². The summed E-state index contributed by atoms with van der Waals surface area (Å²) in [6.45, 7) is 3.72. The minimum atomic E-state index is -4.89. The second-order valence-corrected chi connectivity index (χ2v) is 7.64. The molecule has 1 saturated heterocycles. The maximum Gasteiger partial charge on any atom is 0.425 e. The summed E-state index contributed by atoms with van der Waals surface area (Å²) in [5.74, 6) is -0.0849. The maximum atomic E-state index is 13.1. The third-order valence-corrected chi connectivity index (χ3v) is 5.00. The van der Waals surface area contributed by atoms with Crippen molar-refractivity contribution < 1.29 is 27.4 Å². The molecule has 2 aromatic heterocycles. The molecule has 3 rings (SSSR count). The summed E-state index contributed by atoms with van der Waals surface area (Å²) < 4.78 is 49.7. The first-order chi connectivity index (χ1) is 15.6. The third-order valence-electron chi connectivity index (χ3n) is 4.81. The van der Waals surface area contributed by atoms with Crippen LogP contribution in [0.5, 0.6) is 5.75 Å². The summed E-state index contributed by atoms with van der Waals surface area (Å²) in [4.78, 5) is 35.8. The zero-order chi connectivity index (χ0) is 24.0. The zero-order valence-electron chi connectivity index (χ0n) is 17.6. The van der Waals surface area contributed by atoms with Crippen LogP contribution in [0.15, 0.2) is 23.4 Å². The molecule has 0 saturated carbocycles. The van der Waals surface area contributed by atoms with Gasteiger partial charge in [0.25, 0.3) is 5.56 Å². The molecule has 1 amide bonds. The number of aromatic nitrogens is 4. The van der Waals surface area contributed by atoms with Crippen molar-refractivity contribution in [3.8, 4) is 5.75 Å². The highest BCUT2D eigenvalue weighted by Gasteiger charge is 2.38. The van der Waals surface area contributed by atoms with Gasteiger partial charge in [0.15, 0.2) is 11.3 Å². The molecule has 10 nitrogen and oxygen atoms in total. The fourth-order valence-corrected chi connectivity index (χ4v) is 3.31. The van der Waals surface area contributed by atoms with Gasteiger partial charge < -0.3 is 19.3 Å². The molecule has 0 aliphatic carbocycles. The second-order valence-electron chi connectivity index (χ2n) is 7.25. The van der Waals surface area contributed by atoms with Gasteiger partial charge in [-0.2, -0.15) is 18.3 Å². The van der Waals surface area contributed by atoms with Crippen molar-refractivity contribution in [1.29, 1.82) is 0 Å². The molecule has 1 unspecified atom stereocenters. The molecule has 180 valence electrons. The molecule has 0 bridgehead atoms. The SMILES string of the molecule is CC(COCCC(=O)N1CCN(c2cnc(Cl)cn2)CC1)Oc1cn[nH]c(=O)c1C(F)(F)F. The molecule has 1 N–H and O–H groups in total. The molecule has 1 fully saturated rings. The maximum absolute atomic E-state index is 13.1. The van der Waals surface area contributed by atoms with E-state index in [0.29, 0.717) is 37.1 Å². The number of amides is 1. The standard InChI is InChI=1S/C19H22ClF3N6O4/c1-12(33-13-8-26-27-18(31)17(13)19(21,22)23)11-32-7-2-16(30)29-5-3-28(4-6-29)15-10-24-14(20)9-25-15/h8-10,12H,2-7,11H2,1H3,(H,27,31). The number of rotatable bonds is 8. The topological polar surface area (TPSA) is 114 Å². The molecule has 0 spiro atoms. The van der Waals surface area contributed by atoms with Crippen molar-refractivity contribution in [2.24, 2.45) is 0 Å². The van der Waals surface area contributed by atoms with Crippen molar-refractivity contribution >= 4 is 23.3 Å². The Morgan fingerprint density at radius 3 is 2.58 bits per heavy atom. The van der Waals surface area contributed by atoms with Gasteiger partial charge in [0, 0.05) is 26.2 Å². The monoisotopic (exact) mass is 490 g/mol. The number of hydrogen-bond donors (Lipinski definition) is 1. The lowest BCUT2D eigenvalue weighted by molar-refractivity contribution is -0.141. The average molecular weight is 491 g/mol. The van der Waals surface area contributed by atoms with Gasteiger partial charge in [-0.15, -0.1) is 0 Å². The summed E-state index contributed by atoms with van der Waals surface area (Å²) >= 11 is 5.74. The number of piperazine rings is 1. The molecule has 0 aromatic carbocycles. The van der Waals surface area contributed by atoms with Crippen LogP contribution in [-0.2, 0) is 15.7 Å². The van der Waals surface area contributed by atoms with Crippen LogP contribution in [0.3, 0.4) is 0 Å². The predicted octanol–water partition coefficient (Wildman–Crippen LogP) is 1.75. The van der Waals surface area contributed by atoms with Crippen molar-refractivity contribution in [3.63, 3.8) is 0 Å². The van der Waals surface area contributed by atoms with Gasteiger partial charge in [-0.1, -0.05) is 11.6 Å². The number of halogens is 4. The Morgan fingerprint density at radius 2 is 1.94 bits per heavy atom. The number of carbonyl (C=O) groups excluding carboxylic acids is 1. The molecule has 2 aromatic rings. The summed E-state index contributed by atoms with van der Waals surface area (Å²) in [6.07, 6.45) is -1.73. The van der Waals surface area contributed by atoms with Crippen LogP contribution >= 0.6 is 11.6 Å². The van der Waals surface area contributed by atoms with Crippen molar-refractivity contribution in [2.75, 3.05) is 44.3 Å². The van der Waals surface area contributed by atoms with E-state index in [0.717, 1.165) is 6.20 Å². The van der Waals surface area contributed by atoms with Crippen LogP contribution in [0, 0.1) is 0 Å². The first-order valence-corrected chi connectivity index (χ1v) is 10.4. The highest BCUT2D eigenvalue weighted by Crippen LogP contribution is 2.33. The summed E-state index contributed by atoms with van der Waals surface area (Å²) in [5, 5.41) is 5.39. The molecule has 1 aliphatic rings. The number of nitrogens with zero attached hydrogens (tertiary/aromatic N) is 5. The minimum Gasteiger partial charge on any atom is -0.486 e. The fraction of sp³-hybridized carbons (Fsp3) is 0.526. The lowest BCUT2D eigenvalue weighted by atomic mass is 10.2. The highest BCUT2D eigenvalue weighted by molar-refractivity contribution is 6.29. The number of anilines is 1. The van der Waals surface area contributed by atoms with Gasteiger partial charge in [0.2, 0.25) is 5.91 Å². The van der Waals surface area contributed by atoms with Gasteiger partial charge in [0.05, 0.1) is 38.2 Å². The largest absolute Gasteiger partial charge is 0.486 e. The van der Waals surface area contributed by atoms with E-state index in [-0.39, 0.29) is 25.5 Å². The van der Waals surface area contributed by atoms with Crippen LogP contribution in [-0.4, -0.2) is 76.5 Å². The normalized spacial score (nSPS) is 15.4. The number of ether oxygens (including phenoxy) is 2. The van der Waals surface area contributed by atoms with E-state index in [9.17, 15) is 22.8 Å². The molecular formula is C19H22ClF3N6O4. The van der Waals surface area contributed by atoms with Crippen molar-refractivity contribution in [3.05, 3.63) is 39.7 Å². The van der Waals surface area contributed by atoms with Gasteiger partial charge >= 0.3 is 6.18 Å². The second kappa shape index (κ2) is 10.8. The van der Waals surface area contributed by atoms with Crippen LogP contribution < -0.4 is 15.2 Å². The number of carbonyl (C=O) groups is 1. The molecule has 33 heavy (non-hydrogen) atoms. The fourth-order valence-electron chi connectivity index (χ4n) is 3.21. The van der Waals surface area contributed by atoms with E-state index >= 15 is 0 Å². The van der Waals surface area contributed by atoms with E-state index in [4.69, 9.17) is 21.1 Å². The van der Waals surface area contributed by atoms with Crippen molar-refractivity contribution in [2.45, 2.75) is 25.6 Å². The number of aromatic amines is 1. The van der Waals surface area contributed by atoms with Gasteiger partial charge in [-0.05, 0) is 6.92 Å². The Kier molecular flexibility index (Phi) is 8.08. The molecule has 3 heterocycles. The van der Waals surface area contributed by atoms with Crippen LogP contribution in [0.1, 0.15) is 18.9 Å². The summed E-state index contributed by atoms with van der Waals surface area (Å²) in [6, 6.07) is 0. The number of nitrogens with one attached hydrogen (secondary N) is 1. The lowest BCUT2D eigenvalue weighted by Crippen LogP contribution is -2.49. The van der Waals surface area contributed by atoms with Crippen molar-refractivity contribution in [1.82, 2.24) is 25.1 Å². The van der Waals surface area contributed by atoms with Crippen LogP contribution in [0.2, 0.25) is 5.15 Å². The quantitative estimate of drug-likeness (QED) is 0.557. The Labute approximate surface area is 191 Å². The zero-order valence-corrected chi connectivity index (χ0v) is 18.4. The Bertz CT molecular complexity index is 996. The van der Waals surface area contributed by atoms with E-state index in [2.05, 4.69) is 15.1 Å². The average Bonchev–Trinajstić information content (AvgIpc) is 2.76. The Hall–Kier alpha value is -2.93. The van der Waals surface area contributed by atoms with E-state index < -0.39 is 29.2 Å². The number of alkyl halides is 3. The molecule has 0 radical (unpaired) electrons. The lowest BCUT2D eigenvalue weighted by Gasteiger charge is -2.35. The predicted molar refractivity (Wildman–Crippen MR) is 111 cm³/mol. The summed E-state index contributed by atoms with van der Waals surface area (Å²) in [7, 11) is 0. The molecule has 1 aliphatic heterocycles. The van der Waals surface area contributed by atoms with Gasteiger partial charge in [-0.3, -0.25) is 9.59 Å². The highest BCUT2D eigenvalue weighted by atomic mass is 35.5. The van der Waals surface area contributed by atoms with Crippen LogP contribution in [0.25, 0.3) is 0 Å². The molecule has 14 heteroatoms. The van der Waals surface area contributed by atoms with Crippen LogP contribution in [0.4, 0.5) is 19.0 Å². The third kappa shape index (κ3) is 6.78.